The van der Waals surface area contributed by atoms with Crippen LogP contribution in [0.3, 0.4) is 0 Å². The van der Waals surface area contributed by atoms with Crippen molar-refractivity contribution in [1.29, 1.82) is 0 Å². The van der Waals surface area contributed by atoms with Crippen LogP contribution in [0.1, 0.15) is 0 Å². The van der Waals surface area contributed by atoms with Gasteiger partial charge in [-0.2, -0.15) is 8.42 Å². The Balaban J connectivity index is 2.47. The van der Waals surface area contributed by atoms with E-state index in [9.17, 15) is 8.42 Å². The van der Waals surface area contributed by atoms with Crippen LogP contribution in [-0.2, 0) is 14.3 Å². The largest absolute Gasteiger partial charge is 0.490 e. The Labute approximate surface area is 94.7 Å². The molecule has 5 nitrogen and oxygen atoms in total. The molecule has 0 saturated carbocycles. The topological polar surface area (TPSA) is 55.8 Å². The van der Waals surface area contributed by atoms with Crippen LogP contribution in [0.25, 0.3) is 0 Å². The van der Waals surface area contributed by atoms with Crippen molar-refractivity contribution in [2.45, 2.75) is 4.90 Å². The normalized spacial score (nSPS) is 15.5. The van der Waals surface area contributed by atoms with Crippen molar-refractivity contribution in [2.75, 3.05) is 32.2 Å². The van der Waals surface area contributed by atoms with Crippen molar-refractivity contribution >= 4 is 15.8 Å². The van der Waals surface area contributed by atoms with E-state index >= 15 is 0 Å². The quantitative estimate of drug-likeness (QED) is 0.721. The number of anilines is 1. The maximum absolute atomic E-state index is 11.5. The van der Waals surface area contributed by atoms with Crippen LogP contribution in [0.15, 0.2) is 23.1 Å². The SMILES string of the molecule is COS(=O)(=O)c1ccc2c(c1)OCCN2C. The lowest BCUT2D eigenvalue weighted by Gasteiger charge is -2.27. The van der Waals surface area contributed by atoms with Crippen LogP contribution in [-0.4, -0.2) is 35.7 Å². The second-order valence-electron chi connectivity index (χ2n) is 3.52. The maximum Gasteiger partial charge on any atom is 0.296 e. The molecule has 0 spiro atoms. The van der Waals surface area contributed by atoms with Crippen LogP contribution in [0, 0.1) is 0 Å². The van der Waals surface area contributed by atoms with E-state index in [2.05, 4.69) is 4.18 Å². The number of likely N-dealkylation sites (N-methyl/N-ethyl adjacent to an activating group) is 1. The summed E-state index contributed by atoms with van der Waals surface area (Å²) in [6, 6.07) is 4.73. The highest BCUT2D eigenvalue weighted by atomic mass is 32.2. The fourth-order valence-electron chi connectivity index (χ4n) is 1.59. The molecule has 0 aromatic heterocycles. The molecule has 0 radical (unpaired) electrons. The van der Waals surface area contributed by atoms with Gasteiger partial charge in [-0.05, 0) is 12.1 Å². The summed E-state index contributed by atoms with van der Waals surface area (Å²) in [5.74, 6) is 0.576. The average Bonchev–Trinajstić information content (AvgIpc) is 2.29. The number of ether oxygens (including phenoxy) is 1. The second-order valence-corrected chi connectivity index (χ2v) is 5.23. The predicted octanol–water partition coefficient (Wildman–Crippen LogP) is 0.850. The van der Waals surface area contributed by atoms with Crippen LogP contribution in [0.2, 0.25) is 0 Å². The van der Waals surface area contributed by atoms with Gasteiger partial charge >= 0.3 is 0 Å². The lowest BCUT2D eigenvalue weighted by molar-refractivity contribution is 0.310. The van der Waals surface area contributed by atoms with Gasteiger partial charge in [0, 0.05) is 13.1 Å². The van der Waals surface area contributed by atoms with E-state index in [1.165, 1.54) is 12.1 Å². The van der Waals surface area contributed by atoms with Crippen molar-refractivity contribution in [1.82, 2.24) is 0 Å². The third-order valence-corrected chi connectivity index (χ3v) is 3.80. The van der Waals surface area contributed by atoms with Gasteiger partial charge in [-0.15, -0.1) is 0 Å². The first kappa shape index (κ1) is 11.2. The predicted molar refractivity (Wildman–Crippen MR) is 59.4 cm³/mol. The summed E-state index contributed by atoms with van der Waals surface area (Å²) < 4.78 is 32.8. The highest BCUT2D eigenvalue weighted by molar-refractivity contribution is 7.86. The third-order valence-electron chi connectivity index (χ3n) is 2.53. The van der Waals surface area contributed by atoms with Gasteiger partial charge in [-0.1, -0.05) is 0 Å². The molecule has 1 heterocycles. The summed E-state index contributed by atoms with van der Waals surface area (Å²) in [5, 5.41) is 0. The minimum Gasteiger partial charge on any atom is -0.490 e. The maximum atomic E-state index is 11.5. The molecule has 0 amide bonds. The molecule has 0 bridgehead atoms. The van der Waals surface area contributed by atoms with Gasteiger partial charge in [0.25, 0.3) is 10.1 Å². The van der Waals surface area contributed by atoms with Crippen LogP contribution in [0.5, 0.6) is 5.75 Å². The fraction of sp³-hybridized carbons (Fsp3) is 0.400. The van der Waals surface area contributed by atoms with E-state index in [4.69, 9.17) is 4.74 Å². The smallest absolute Gasteiger partial charge is 0.296 e. The highest BCUT2D eigenvalue weighted by Crippen LogP contribution is 2.32. The molecule has 1 aromatic rings. The van der Waals surface area contributed by atoms with Crippen molar-refractivity contribution in [3.63, 3.8) is 0 Å². The van der Waals surface area contributed by atoms with Crippen LogP contribution < -0.4 is 9.64 Å². The Kier molecular flexibility index (Phi) is 2.77. The van der Waals surface area contributed by atoms with Gasteiger partial charge in [-0.25, -0.2) is 0 Å². The van der Waals surface area contributed by atoms with Gasteiger partial charge < -0.3 is 9.64 Å². The molecule has 0 aliphatic carbocycles. The molecule has 1 aliphatic heterocycles. The Morgan fingerprint density at radius 3 is 2.88 bits per heavy atom. The minimum absolute atomic E-state index is 0.115. The number of hydrogen-bond donors (Lipinski definition) is 0. The molecule has 88 valence electrons. The summed E-state index contributed by atoms with van der Waals surface area (Å²) in [4.78, 5) is 2.13. The lowest BCUT2D eigenvalue weighted by Crippen LogP contribution is -2.28. The molecule has 16 heavy (non-hydrogen) atoms. The molecule has 1 aliphatic rings. The molecule has 0 unspecified atom stereocenters. The van der Waals surface area contributed by atoms with E-state index in [-0.39, 0.29) is 4.90 Å². The number of benzene rings is 1. The number of hydrogen-bond acceptors (Lipinski definition) is 5. The second kappa shape index (κ2) is 3.95. The average molecular weight is 243 g/mol. The van der Waals surface area contributed by atoms with Gasteiger partial charge in [0.2, 0.25) is 0 Å². The van der Waals surface area contributed by atoms with Crippen molar-refractivity contribution in [3.8, 4) is 5.75 Å². The molecule has 0 atom stereocenters. The van der Waals surface area contributed by atoms with E-state index < -0.39 is 10.1 Å². The Morgan fingerprint density at radius 1 is 1.44 bits per heavy atom. The van der Waals surface area contributed by atoms with Crippen molar-refractivity contribution < 1.29 is 17.3 Å². The van der Waals surface area contributed by atoms with Crippen LogP contribution in [0.4, 0.5) is 5.69 Å². The molecule has 1 aromatic carbocycles. The molecular weight excluding hydrogens is 230 g/mol. The third kappa shape index (κ3) is 1.85. The zero-order valence-corrected chi connectivity index (χ0v) is 9.95. The molecule has 0 N–H and O–H groups in total. The Morgan fingerprint density at radius 2 is 2.19 bits per heavy atom. The standard InChI is InChI=1S/C10H13NO4S/c1-11-5-6-15-10-7-8(3-4-9(10)11)16(12,13)14-2/h3-4,7H,5-6H2,1-2H3. The number of fused-ring (bicyclic) bond motifs is 1. The van der Waals surface area contributed by atoms with Gasteiger partial charge in [0.05, 0.1) is 24.2 Å². The van der Waals surface area contributed by atoms with Gasteiger partial charge in [0.1, 0.15) is 12.4 Å². The lowest BCUT2D eigenvalue weighted by atomic mass is 10.2. The summed E-state index contributed by atoms with van der Waals surface area (Å²) in [6.45, 7) is 1.35. The summed E-state index contributed by atoms with van der Waals surface area (Å²) in [6.07, 6.45) is 0. The van der Waals surface area contributed by atoms with E-state index in [0.29, 0.717) is 12.4 Å². The number of nitrogens with zero attached hydrogens (tertiary/aromatic N) is 1. The van der Waals surface area contributed by atoms with E-state index in [0.717, 1.165) is 19.3 Å². The first-order valence-corrected chi connectivity index (χ1v) is 6.24. The molecule has 2 rings (SSSR count). The van der Waals surface area contributed by atoms with Crippen LogP contribution >= 0.6 is 0 Å². The summed E-state index contributed by atoms with van der Waals surface area (Å²) >= 11 is 0. The van der Waals surface area contributed by atoms with Gasteiger partial charge in [0.15, 0.2) is 0 Å². The molecule has 0 fully saturated rings. The molecule has 0 saturated heterocycles. The summed E-state index contributed by atoms with van der Waals surface area (Å²) in [7, 11) is -0.571. The Hall–Kier alpha value is -1.27. The van der Waals surface area contributed by atoms with E-state index in [1.54, 1.807) is 6.07 Å². The summed E-state index contributed by atoms with van der Waals surface area (Å²) in [5.41, 5.74) is 0.890. The van der Waals surface area contributed by atoms with E-state index in [1.807, 2.05) is 11.9 Å². The zero-order chi connectivity index (χ0) is 11.8. The zero-order valence-electron chi connectivity index (χ0n) is 9.13. The first-order chi connectivity index (χ1) is 7.54. The molecule has 6 heteroatoms. The van der Waals surface area contributed by atoms with Crippen molar-refractivity contribution in [3.05, 3.63) is 18.2 Å². The highest BCUT2D eigenvalue weighted by Gasteiger charge is 2.20. The number of rotatable bonds is 2. The fourth-order valence-corrected chi connectivity index (χ4v) is 2.27. The van der Waals surface area contributed by atoms with Gasteiger partial charge in [-0.3, -0.25) is 4.18 Å². The van der Waals surface area contributed by atoms with Crippen molar-refractivity contribution in [2.24, 2.45) is 0 Å². The Bertz CT molecular complexity index is 498. The molecular formula is C10H13NO4S. The minimum atomic E-state index is -3.65. The first-order valence-electron chi connectivity index (χ1n) is 4.83. The monoisotopic (exact) mass is 243 g/mol.